The summed E-state index contributed by atoms with van der Waals surface area (Å²) >= 11 is 5.89. The van der Waals surface area contributed by atoms with Gasteiger partial charge in [-0.2, -0.15) is 0 Å². The maximum Gasteiger partial charge on any atom is 0.237 e. The predicted molar refractivity (Wildman–Crippen MR) is 59.5 cm³/mol. The fourth-order valence-electron chi connectivity index (χ4n) is 1.80. The molecule has 2 rings (SSSR count). The second kappa shape index (κ2) is 4.21. The standard InChI is InChI=1S/C11H13ClN2O/c12-8-3-1-2-7(6-8)10-5-4-9(13)11(15)14-10/h1-3,6,9-10H,4-5,13H2,(H,14,15). The van der Waals surface area contributed by atoms with Crippen LogP contribution < -0.4 is 11.1 Å². The highest BCUT2D eigenvalue weighted by Gasteiger charge is 2.25. The molecule has 15 heavy (non-hydrogen) atoms. The highest BCUT2D eigenvalue weighted by Crippen LogP contribution is 2.24. The summed E-state index contributed by atoms with van der Waals surface area (Å²) in [5.41, 5.74) is 6.65. The molecule has 80 valence electrons. The lowest BCUT2D eigenvalue weighted by atomic mass is 9.95. The molecule has 1 saturated heterocycles. The van der Waals surface area contributed by atoms with Gasteiger partial charge in [-0.05, 0) is 30.5 Å². The van der Waals surface area contributed by atoms with Gasteiger partial charge >= 0.3 is 0 Å². The molecule has 1 amide bonds. The molecule has 4 heteroatoms. The van der Waals surface area contributed by atoms with Crippen molar-refractivity contribution in [3.05, 3.63) is 34.9 Å². The number of rotatable bonds is 1. The van der Waals surface area contributed by atoms with Gasteiger partial charge in [-0.15, -0.1) is 0 Å². The Balaban J connectivity index is 2.15. The second-order valence-corrected chi connectivity index (χ2v) is 4.24. The molecule has 2 unspecified atom stereocenters. The number of benzene rings is 1. The molecule has 1 aromatic carbocycles. The molecule has 1 heterocycles. The van der Waals surface area contributed by atoms with E-state index in [9.17, 15) is 4.79 Å². The van der Waals surface area contributed by atoms with Crippen molar-refractivity contribution in [3.8, 4) is 0 Å². The van der Waals surface area contributed by atoms with Gasteiger partial charge < -0.3 is 11.1 Å². The Hall–Kier alpha value is -1.06. The van der Waals surface area contributed by atoms with Gasteiger partial charge in [0.15, 0.2) is 0 Å². The van der Waals surface area contributed by atoms with E-state index < -0.39 is 0 Å². The number of nitrogens with one attached hydrogen (secondary N) is 1. The summed E-state index contributed by atoms with van der Waals surface area (Å²) in [5, 5.41) is 3.58. The van der Waals surface area contributed by atoms with E-state index >= 15 is 0 Å². The van der Waals surface area contributed by atoms with E-state index in [0.717, 1.165) is 18.4 Å². The van der Waals surface area contributed by atoms with E-state index in [-0.39, 0.29) is 18.0 Å². The number of carbonyl (C=O) groups is 1. The molecule has 0 bridgehead atoms. The van der Waals surface area contributed by atoms with Gasteiger partial charge in [0.1, 0.15) is 0 Å². The van der Waals surface area contributed by atoms with Gasteiger partial charge in [0.25, 0.3) is 0 Å². The lowest BCUT2D eigenvalue weighted by molar-refractivity contribution is -0.124. The van der Waals surface area contributed by atoms with Crippen LogP contribution >= 0.6 is 11.6 Å². The zero-order chi connectivity index (χ0) is 10.8. The first-order valence-electron chi connectivity index (χ1n) is 4.98. The molecule has 0 saturated carbocycles. The number of hydrogen-bond donors (Lipinski definition) is 2. The minimum atomic E-state index is -0.361. The molecule has 0 aromatic heterocycles. The van der Waals surface area contributed by atoms with Gasteiger partial charge in [-0.3, -0.25) is 4.79 Å². The first-order chi connectivity index (χ1) is 7.16. The van der Waals surface area contributed by atoms with E-state index in [1.807, 2.05) is 24.3 Å². The van der Waals surface area contributed by atoms with E-state index in [2.05, 4.69) is 5.32 Å². The zero-order valence-electron chi connectivity index (χ0n) is 8.24. The fraction of sp³-hybridized carbons (Fsp3) is 0.364. The summed E-state index contributed by atoms with van der Waals surface area (Å²) in [6, 6.07) is 7.24. The summed E-state index contributed by atoms with van der Waals surface area (Å²) in [5.74, 6) is -0.0776. The maximum absolute atomic E-state index is 11.4. The van der Waals surface area contributed by atoms with Gasteiger partial charge in [0, 0.05) is 5.02 Å². The number of amides is 1. The molecule has 1 aliphatic heterocycles. The maximum atomic E-state index is 11.4. The third-order valence-corrected chi connectivity index (χ3v) is 2.91. The molecule has 1 aromatic rings. The third kappa shape index (κ3) is 2.30. The fourth-order valence-corrected chi connectivity index (χ4v) is 2.00. The van der Waals surface area contributed by atoms with E-state index in [1.165, 1.54) is 0 Å². The number of carbonyl (C=O) groups excluding carboxylic acids is 1. The van der Waals surface area contributed by atoms with Crippen LogP contribution in [0.2, 0.25) is 5.02 Å². The lowest BCUT2D eigenvalue weighted by Gasteiger charge is -2.27. The normalized spacial score (nSPS) is 26.1. The molecule has 0 spiro atoms. The van der Waals surface area contributed by atoms with Crippen molar-refractivity contribution in [3.63, 3.8) is 0 Å². The molecular weight excluding hydrogens is 212 g/mol. The number of piperidine rings is 1. The Morgan fingerprint density at radius 3 is 2.87 bits per heavy atom. The summed E-state index contributed by atoms with van der Waals surface area (Å²) in [6.07, 6.45) is 1.59. The number of halogens is 1. The van der Waals surface area contributed by atoms with Crippen molar-refractivity contribution >= 4 is 17.5 Å². The SMILES string of the molecule is NC1CCC(c2cccc(Cl)c2)NC1=O. The molecule has 3 N–H and O–H groups in total. The smallest absolute Gasteiger partial charge is 0.237 e. The lowest BCUT2D eigenvalue weighted by Crippen LogP contribution is -2.46. The van der Waals surface area contributed by atoms with Gasteiger partial charge in [0.05, 0.1) is 12.1 Å². The topological polar surface area (TPSA) is 55.1 Å². The van der Waals surface area contributed by atoms with Crippen LogP contribution in [0.5, 0.6) is 0 Å². The largest absolute Gasteiger partial charge is 0.348 e. The summed E-state index contributed by atoms with van der Waals surface area (Å²) in [6.45, 7) is 0. The minimum Gasteiger partial charge on any atom is -0.348 e. The zero-order valence-corrected chi connectivity index (χ0v) is 9.00. The van der Waals surface area contributed by atoms with Crippen molar-refractivity contribution in [1.82, 2.24) is 5.32 Å². The van der Waals surface area contributed by atoms with Crippen LogP contribution in [0, 0.1) is 0 Å². The van der Waals surface area contributed by atoms with Gasteiger partial charge in [-0.25, -0.2) is 0 Å². The molecular formula is C11H13ClN2O. The second-order valence-electron chi connectivity index (χ2n) is 3.80. The quantitative estimate of drug-likeness (QED) is 0.762. The van der Waals surface area contributed by atoms with Crippen molar-refractivity contribution < 1.29 is 4.79 Å². The molecule has 1 fully saturated rings. The highest BCUT2D eigenvalue weighted by molar-refractivity contribution is 6.30. The predicted octanol–water partition coefficient (Wildman–Crippen LogP) is 1.62. The van der Waals surface area contributed by atoms with Crippen LogP contribution in [0.1, 0.15) is 24.4 Å². The molecule has 3 nitrogen and oxygen atoms in total. The summed E-state index contributed by atoms with van der Waals surface area (Å²) < 4.78 is 0. The highest BCUT2D eigenvalue weighted by atomic mass is 35.5. The Labute approximate surface area is 93.6 Å². The van der Waals surface area contributed by atoms with Crippen molar-refractivity contribution in [2.75, 3.05) is 0 Å². The van der Waals surface area contributed by atoms with Gasteiger partial charge in [-0.1, -0.05) is 23.7 Å². The van der Waals surface area contributed by atoms with Crippen molar-refractivity contribution in [2.45, 2.75) is 24.9 Å². The first kappa shape index (κ1) is 10.5. The van der Waals surface area contributed by atoms with Crippen molar-refractivity contribution in [2.24, 2.45) is 5.73 Å². The van der Waals surface area contributed by atoms with Crippen LogP contribution in [0.25, 0.3) is 0 Å². The van der Waals surface area contributed by atoms with Crippen LogP contribution in [0.3, 0.4) is 0 Å². The van der Waals surface area contributed by atoms with E-state index in [0.29, 0.717) is 5.02 Å². The van der Waals surface area contributed by atoms with Crippen LogP contribution in [-0.2, 0) is 4.79 Å². The Bertz CT molecular complexity index is 381. The molecule has 0 radical (unpaired) electrons. The Morgan fingerprint density at radius 1 is 1.40 bits per heavy atom. The number of nitrogens with two attached hydrogens (primary N) is 1. The van der Waals surface area contributed by atoms with E-state index in [4.69, 9.17) is 17.3 Å². The van der Waals surface area contributed by atoms with Crippen LogP contribution in [0.15, 0.2) is 24.3 Å². The average Bonchev–Trinajstić information content (AvgIpc) is 2.22. The Morgan fingerprint density at radius 2 is 2.20 bits per heavy atom. The Kier molecular flexibility index (Phi) is 2.93. The molecule has 2 atom stereocenters. The number of hydrogen-bond acceptors (Lipinski definition) is 2. The van der Waals surface area contributed by atoms with E-state index in [1.54, 1.807) is 0 Å². The van der Waals surface area contributed by atoms with Gasteiger partial charge in [0.2, 0.25) is 5.91 Å². The molecule has 1 aliphatic rings. The summed E-state index contributed by atoms with van der Waals surface area (Å²) in [7, 11) is 0. The van der Waals surface area contributed by atoms with Crippen LogP contribution in [-0.4, -0.2) is 11.9 Å². The molecule has 0 aliphatic carbocycles. The first-order valence-corrected chi connectivity index (χ1v) is 5.36. The summed E-state index contributed by atoms with van der Waals surface area (Å²) in [4.78, 5) is 11.4. The monoisotopic (exact) mass is 224 g/mol. The third-order valence-electron chi connectivity index (χ3n) is 2.67. The average molecular weight is 225 g/mol. The van der Waals surface area contributed by atoms with Crippen LogP contribution in [0.4, 0.5) is 0 Å². The van der Waals surface area contributed by atoms with Crippen molar-refractivity contribution in [1.29, 1.82) is 0 Å². The minimum absolute atomic E-state index is 0.0519.